The quantitative estimate of drug-likeness (QED) is 0.548. The van der Waals surface area contributed by atoms with Crippen LogP contribution in [-0.4, -0.2) is 41.1 Å². The summed E-state index contributed by atoms with van der Waals surface area (Å²) in [6.07, 6.45) is 4.44. The van der Waals surface area contributed by atoms with Crippen molar-refractivity contribution in [3.8, 4) is 5.75 Å². The van der Waals surface area contributed by atoms with Crippen molar-refractivity contribution in [1.29, 1.82) is 0 Å². The van der Waals surface area contributed by atoms with Crippen molar-refractivity contribution in [3.63, 3.8) is 0 Å². The number of aromatic nitrogens is 2. The summed E-state index contributed by atoms with van der Waals surface area (Å²) in [4.78, 5) is 11.5. The fraction of sp³-hybridized carbons (Fsp3) is 0.333. The second-order valence-corrected chi connectivity index (χ2v) is 7.76. The van der Waals surface area contributed by atoms with Crippen molar-refractivity contribution in [1.82, 2.24) is 14.9 Å². The molecule has 1 aromatic heterocycles. The number of hydrogen-bond donors (Lipinski definition) is 2. The predicted molar refractivity (Wildman–Crippen MR) is 122 cm³/mol. The van der Waals surface area contributed by atoms with E-state index < -0.39 is 0 Å². The lowest BCUT2D eigenvalue weighted by Crippen LogP contribution is -2.25. The van der Waals surface area contributed by atoms with Gasteiger partial charge in [-0.15, -0.1) is 0 Å². The molecular formula is C24H29N5O. The van der Waals surface area contributed by atoms with Gasteiger partial charge in [-0.1, -0.05) is 17.7 Å². The third-order valence-electron chi connectivity index (χ3n) is 5.27. The molecule has 1 fully saturated rings. The standard InChI is InChI=1S/C24H29N5O/c1-18-5-7-20(8-6-18)26-23-19(2)17-25-24(28-23)27-21-9-11-22(12-10-21)30-16-15-29-13-3-4-14-29/h5-12,17H,3-4,13-16H2,1-2H3,(H2,25,26,27,28). The van der Waals surface area contributed by atoms with E-state index in [1.807, 2.05) is 49.5 Å². The van der Waals surface area contributed by atoms with E-state index in [4.69, 9.17) is 4.74 Å². The van der Waals surface area contributed by atoms with Crippen LogP contribution in [0.2, 0.25) is 0 Å². The molecule has 30 heavy (non-hydrogen) atoms. The summed E-state index contributed by atoms with van der Waals surface area (Å²) in [5.41, 5.74) is 4.14. The lowest BCUT2D eigenvalue weighted by Gasteiger charge is -2.15. The molecule has 2 aromatic carbocycles. The molecule has 2 N–H and O–H groups in total. The van der Waals surface area contributed by atoms with Gasteiger partial charge in [0.25, 0.3) is 0 Å². The maximum absolute atomic E-state index is 5.87. The molecule has 0 amide bonds. The van der Waals surface area contributed by atoms with Crippen LogP contribution in [0.5, 0.6) is 5.75 Å². The molecule has 0 spiro atoms. The molecule has 2 heterocycles. The van der Waals surface area contributed by atoms with Gasteiger partial charge in [-0.05, 0) is 76.2 Å². The zero-order chi connectivity index (χ0) is 20.8. The minimum atomic E-state index is 0.554. The van der Waals surface area contributed by atoms with E-state index in [0.717, 1.165) is 41.7 Å². The van der Waals surface area contributed by atoms with Crippen LogP contribution in [0.15, 0.2) is 54.7 Å². The van der Waals surface area contributed by atoms with Gasteiger partial charge >= 0.3 is 0 Å². The van der Waals surface area contributed by atoms with Crippen molar-refractivity contribution >= 4 is 23.1 Å². The van der Waals surface area contributed by atoms with E-state index in [2.05, 4.69) is 44.6 Å². The molecule has 0 bridgehead atoms. The first kappa shape index (κ1) is 20.2. The van der Waals surface area contributed by atoms with Crippen molar-refractivity contribution < 1.29 is 4.74 Å². The largest absolute Gasteiger partial charge is 0.492 e. The van der Waals surface area contributed by atoms with Crippen molar-refractivity contribution in [2.45, 2.75) is 26.7 Å². The van der Waals surface area contributed by atoms with Crippen LogP contribution < -0.4 is 15.4 Å². The zero-order valence-electron chi connectivity index (χ0n) is 17.7. The molecule has 1 saturated heterocycles. The number of nitrogens with one attached hydrogen (secondary N) is 2. The molecular weight excluding hydrogens is 374 g/mol. The Bertz CT molecular complexity index is 950. The molecule has 0 unspecified atom stereocenters. The highest BCUT2D eigenvalue weighted by atomic mass is 16.5. The van der Waals surface area contributed by atoms with Crippen molar-refractivity contribution in [3.05, 3.63) is 65.9 Å². The topological polar surface area (TPSA) is 62.3 Å². The number of likely N-dealkylation sites (tertiary alicyclic amines) is 1. The van der Waals surface area contributed by atoms with Gasteiger partial charge in [-0.3, -0.25) is 4.90 Å². The average molecular weight is 404 g/mol. The maximum atomic E-state index is 5.87. The number of benzene rings is 2. The normalized spacial score (nSPS) is 13.9. The van der Waals surface area contributed by atoms with Gasteiger partial charge in [0.05, 0.1) is 0 Å². The van der Waals surface area contributed by atoms with Crippen LogP contribution in [0, 0.1) is 13.8 Å². The molecule has 4 rings (SSSR count). The van der Waals surface area contributed by atoms with Gasteiger partial charge < -0.3 is 15.4 Å². The van der Waals surface area contributed by atoms with Crippen LogP contribution in [0.25, 0.3) is 0 Å². The lowest BCUT2D eigenvalue weighted by molar-refractivity contribution is 0.238. The second kappa shape index (κ2) is 9.59. The molecule has 156 valence electrons. The minimum Gasteiger partial charge on any atom is -0.492 e. The van der Waals surface area contributed by atoms with Crippen LogP contribution >= 0.6 is 0 Å². The molecule has 0 radical (unpaired) electrons. The Hall–Kier alpha value is -3.12. The van der Waals surface area contributed by atoms with Gasteiger partial charge in [0, 0.05) is 29.7 Å². The molecule has 6 heteroatoms. The molecule has 0 saturated carbocycles. The molecule has 1 aliphatic heterocycles. The Kier molecular flexibility index (Phi) is 6.44. The maximum Gasteiger partial charge on any atom is 0.229 e. The van der Waals surface area contributed by atoms with Gasteiger partial charge in [-0.25, -0.2) is 4.98 Å². The molecule has 0 atom stereocenters. The van der Waals surface area contributed by atoms with Crippen LogP contribution in [0.4, 0.5) is 23.1 Å². The van der Waals surface area contributed by atoms with E-state index >= 15 is 0 Å². The zero-order valence-corrected chi connectivity index (χ0v) is 17.7. The van der Waals surface area contributed by atoms with Crippen molar-refractivity contribution in [2.75, 3.05) is 36.9 Å². The summed E-state index contributed by atoms with van der Waals surface area (Å²) in [5, 5.41) is 6.63. The lowest BCUT2D eigenvalue weighted by atomic mass is 10.2. The van der Waals surface area contributed by atoms with Crippen LogP contribution in [0.1, 0.15) is 24.0 Å². The van der Waals surface area contributed by atoms with E-state index in [-0.39, 0.29) is 0 Å². The molecule has 6 nitrogen and oxygen atoms in total. The Labute approximate surface area is 178 Å². The highest BCUT2D eigenvalue weighted by molar-refractivity contribution is 5.62. The first-order valence-electron chi connectivity index (χ1n) is 10.6. The van der Waals surface area contributed by atoms with E-state index in [1.165, 1.54) is 31.5 Å². The van der Waals surface area contributed by atoms with Crippen LogP contribution in [-0.2, 0) is 0 Å². The third-order valence-corrected chi connectivity index (χ3v) is 5.27. The predicted octanol–water partition coefficient (Wildman–Crippen LogP) is 5.06. The SMILES string of the molecule is Cc1ccc(Nc2nc(Nc3ccc(OCCN4CCCC4)cc3)ncc2C)cc1. The number of ether oxygens (including phenoxy) is 1. The Morgan fingerprint density at radius 1 is 0.900 bits per heavy atom. The first-order valence-corrected chi connectivity index (χ1v) is 10.6. The van der Waals surface area contributed by atoms with Gasteiger partial charge in [0.15, 0.2) is 0 Å². The number of nitrogens with zero attached hydrogens (tertiary/aromatic N) is 3. The molecule has 3 aromatic rings. The fourth-order valence-electron chi connectivity index (χ4n) is 3.46. The fourth-order valence-corrected chi connectivity index (χ4v) is 3.46. The summed E-state index contributed by atoms with van der Waals surface area (Å²) >= 11 is 0. The monoisotopic (exact) mass is 403 g/mol. The summed E-state index contributed by atoms with van der Waals surface area (Å²) in [6, 6.07) is 16.2. The number of hydrogen-bond acceptors (Lipinski definition) is 6. The Morgan fingerprint density at radius 2 is 1.57 bits per heavy atom. The van der Waals surface area contributed by atoms with Crippen LogP contribution in [0.3, 0.4) is 0 Å². The van der Waals surface area contributed by atoms with Gasteiger partial charge in [0.2, 0.25) is 5.95 Å². The molecule has 0 aliphatic carbocycles. The number of anilines is 4. The minimum absolute atomic E-state index is 0.554. The second-order valence-electron chi connectivity index (χ2n) is 7.76. The van der Waals surface area contributed by atoms with E-state index in [0.29, 0.717) is 5.95 Å². The van der Waals surface area contributed by atoms with Gasteiger partial charge in [-0.2, -0.15) is 4.98 Å². The number of aryl methyl sites for hydroxylation is 2. The summed E-state index contributed by atoms with van der Waals surface area (Å²) in [6.45, 7) is 8.18. The summed E-state index contributed by atoms with van der Waals surface area (Å²) < 4.78 is 5.87. The number of rotatable bonds is 8. The van der Waals surface area contributed by atoms with Gasteiger partial charge in [0.1, 0.15) is 18.2 Å². The highest BCUT2D eigenvalue weighted by Gasteiger charge is 2.11. The summed E-state index contributed by atoms with van der Waals surface area (Å²) in [7, 11) is 0. The van der Waals surface area contributed by atoms with E-state index in [9.17, 15) is 0 Å². The first-order chi connectivity index (χ1) is 14.7. The Morgan fingerprint density at radius 3 is 2.30 bits per heavy atom. The van der Waals surface area contributed by atoms with E-state index in [1.54, 1.807) is 0 Å². The highest BCUT2D eigenvalue weighted by Crippen LogP contribution is 2.22. The molecule has 1 aliphatic rings. The Balaban J connectivity index is 1.34. The van der Waals surface area contributed by atoms with Crippen molar-refractivity contribution in [2.24, 2.45) is 0 Å². The average Bonchev–Trinajstić information content (AvgIpc) is 3.27. The summed E-state index contributed by atoms with van der Waals surface area (Å²) in [5.74, 6) is 2.22. The smallest absolute Gasteiger partial charge is 0.229 e. The third kappa shape index (κ3) is 5.48.